The van der Waals surface area contributed by atoms with Crippen LogP contribution in [0, 0.1) is 0 Å². The number of nitrogens with zero attached hydrogens (tertiary/aromatic N) is 2. The van der Waals surface area contributed by atoms with E-state index in [1.54, 1.807) is 0 Å². The molecule has 0 spiro atoms. The molecule has 1 aliphatic carbocycles. The number of anilines is 1. The minimum absolute atomic E-state index is 0.552. The van der Waals surface area contributed by atoms with Crippen LogP contribution in [0.5, 0.6) is 0 Å². The van der Waals surface area contributed by atoms with Gasteiger partial charge in [0, 0.05) is 10.9 Å². The van der Waals surface area contributed by atoms with Crippen molar-refractivity contribution in [1.82, 2.24) is 9.97 Å². The van der Waals surface area contributed by atoms with E-state index in [2.05, 4.69) is 28.2 Å². The van der Waals surface area contributed by atoms with Gasteiger partial charge in [0.25, 0.3) is 0 Å². The molecule has 98 valence electrons. The number of nitrogens with two attached hydrogens (primary N) is 1. The van der Waals surface area contributed by atoms with Crippen molar-refractivity contribution in [3.63, 3.8) is 0 Å². The Kier molecular flexibility index (Phi) is 2.46. The van der Waals surface area contributed by atoms with Crippen LogP contribution in [0.1, 0.15) is 24.3 Å². The molecule has 3 aromatic rings. The Morgan fingerprint density at radius 2 is 1.65 bits per heavy atom. The summed E-state index contributed by atoms with van der Waals surface area (Å²) in [7, 11) is 0. The predicted molar refractivity (Wildman–Crippen MR) is 81.4 cm³/mol. The van der Waals surface area contributed by atoms with Crippen LogP contribution in [0.2, 0.25) is 0 Å². The fourth-order valence-electron chi connectivity index (χ4n) is 2.67. The first-order chi connectivity index (χ1) is 9.83. The molecule has 3 nitrogen and oxygen atoms in total. The average molecular weight is 261 g/mol. The van der Waals surface area contributed by atoms with Gasteiger partial charge in [-0.1, -0.05) is 36.4 Å². The number of benzene rings is 2. The van der Waals surface area contributed by atoms with Crippen molar-refractivity contribution >= 4 is 16.7 Å². The predicted octanol–water partition coefficient (Wildman–Crippen LogP) is 3.76. The Morgan fingerprint density at radius 1 is 0.900 bits per heavy atom. The fourth-order valence-corrected chi connectivity index (χ4v) is 2.67. The molecule has 0 aliphatic heterocycles. The van der Waals surface area contributed by atoms with Gasteiger partial charge in [0.2, 0.25) is 0 Å². The van der Waals surface area contributed by atoms with Crippen molar-refractivity contribution in [3.05, 3.63) is 54.1 Å². The van der Waals surface area contributed by atoms with Gasteiger partial charge in [-0.3, -0.25) is 0 Å². The van der Waals surface area contributed by atoms with Crippen molar-refractivity contribution in [2.45, 2.75) is 18.8 Å². The van der Waals surface area contributed by atoms with Gasteiger partial charge in [0.05, 0.1) is 5.52 Å². The lowest BCUT2D eigenvalue weighted by Crippen LogP contribution is -1.99. The van der Waals surface area contributed by atoms with Gasteiger partial charge in [-0.05, 0) is 36.5 Å². The van der Waals surface area contributed by atoms with E-state index in [1.807, 2.05) is 30.3 Å². The lowest BCUT2D eigenvalue weighted by molar-refractivity contribution is 1.11. The van der Waals surface area contributed by atoms with Gasteiger partial charge in [-0.15, -0.1) is 0 Å². The summed E-state index contributed by atoms with van der Waals surface area (Å²) in [6.45, 7) is 0. The van der Waals surface area contributed by atoms with Gasteiger partial charge in [-0.25, -0.2) is 9.97 Å². The van der Waals surface area contributed by atoms with Crippen LogP contribution >= 0.6 is 0 Å². The topological polar surface area (TPSA) is 51.8 Å². The van der Waals surface area contributed by atoms with Crippen LogP contribution in [-0.2, 0) is 0 Å². The standard InChI is InChI=1S/C17H15N3/c18-16-14-7-3-4-8-15(14)19-17(20-16)13-6-2-1-5-12(13)11-9-10-11/h1-8,11H,9-10H2,(H2,18,19,20). The van der Waals surface area contributed by atoms with Crippen LogP contribution in [0.15, 0.2) is 48.5 Å². The monoisotopic (exact) mass is 261 g/mol. The molecule has 1 aliphatic rings. The van der Waals surface area contributed by atoms with Crippen molar-refractivity contribution in [2.75, 3.05) is 5.73 Å². The lowest BCUT2D eigenvalue weighted by atomic mass is 10.0. The van der Waals surface area contributed by atoms with Crippen LogP contribution < -0.4 is 5.73 Å². The Labute approximate surface area is 117 Å². The smallest absolute Gasteiger partial charge is 0.162 e. The summed E-state index contributed by atoms with van der Waals surface area (Å²) in [5.41, 5.74) is 9.46. The van der Waals surface area contributed by atoms with E-state index < -0.39 is 0 Å². The second-order valence-electron chi connectivity index (χ2n) is 5.31. The van der Waals surface area contributed by atoms with Crippen LogP contribution in [0.25, 0.3) is 22.3 Å². The molecule has 0 radical (unpaired) electrons. The maximum Gasteiger partial charge on any atom is 0.162 e. The van der Waals surface area contributed by atoms with E-state index >= 15 is 0 Å². The number of hydrogen-bond donors (Lipinski definition) is 1. The quantitative estimate of drug-likeness (QED) is 0.764. The third-order valence-electron chi connectivity index (χ3n) is 3.85. The minimum Gasteiger partial charge on any atom is -0.383 e. The molecule has 4 rings (SSSR count). The molecule has 0 bridgehead atoms. The minimum atomic E-state index is 0.552. The highest BCUT2D eigenvalue weighted by molar-refractivity contribution is 5.89. The van der Waals surface area contributed by atoms with Gasteiger partial charge < -0.3 is 5.73 Å². The molecule has 0 unspecified atom stereocenters. The Bertz CT molecular complexity index is 791. The number of hydrogen-bond acceptors (Lipinski definition) is 3. The zero-order valence-electron chi connectivity index (χ0n) is 11.1. The van der Waals surface area contributed by atoms with E-state index in [0.29, 0.717) is 11.7 Å². The second kappa shape index (κ2) is 4.30. The van der Waals surface area contributed by atoms with Crippen molar-refractivity contribution in [1.29, 1.82) is 0 Å². The molecule has 2 aromatic carbocycles. The SMILES string of the molecule is Nc1nc(-c2ccccc2C2CC2)nc2ccccc12. The highest BCUT2D eigenvalue weighted by Gasteiger charge is 2.26. The summed E-state index contributed by atoms with van der Waals surface area (Å²) >= 11 is 0. The van der Waals surface area contributed by atoms with Gasteiger partial charge in [0.1, 0.15) is 5.82 Å². The Morgan fingerprint density at radius 3 is 2.50 bits per heavy atom. The van der Waals surface area contributed by atoms with E-state index in [9.17, 15) is 0 Å². The first kappa shape index (κ1) is 11.4. The highest BCUT2D eigenvalue weighted by atomic mass is 14.9. The summed E-state index contributed by atoms with van der Waals surface area (Å²) in [5, 5.41) is 0.917. The molecular formula is C17H15N3. The first-order valence-electron chi connectivity index (χ1n) is 6.94. The van der Waals surface area contributed by atoms with Crippen LogP contribution in [0.3, 0.4) is 0 Å². The zero-order valence-corrected chi connectivity index (χ0v) is 11.1. The molecular weight excluding hydrogens is 246 g/mol. The Hall–Kier alpha value is -2.42. The summed E-state index contributed by atoms with van der Waals surface area (Å²) < 4.78 is 0. The average Bonchev–Trinajstić information content (AvgIpc) is 3.32. The first-order valence-corrected chi connectivity index (χ1v) is 6.94. The molecule has 1 aromatic heterocycles. The largest absolute Gasteiger partial charge is 0.383 e. The number of rotatable bonds is 2. The summed E-state index contributed by atoms with van der Waals surface area (Å²) in [5.74, 6) is 1.96. The summed E-state index contributed by atoms with van der Waals surface area (Å²) in [6, 6.07) is 16.3. The highest BCUT2D eigenvalue weighted by Crippen LogP contribution is 2.43. The normalized spacial score (nSPS) is 14.6. The van der Waals surface area contributed by atoms with E-state index in [1.165, 1.54) is 18.4 Å². The van der Waals surface area contributed by atoms with Crippen LogP contribution in [0.4, 0.5) is 5.82 Å². The summed E-state index contributed by atoms with van der Waals surface area (Å²) in [6.07, 6.45) is 2.53. The summed E-state index contributed by atoms with van der Waals surface area (Å²) in [4.78, 5) is 9.20. The lowest BCUT2D eigenvalue weighted by Gasteiger charge is -2.09. The molecule has 2 N–H and O–H groups in total. The van der Waals surface area contributed by atoms with Crippen molar-refractivity contribution < 1.29 is 0 Å². The fraction of sp³-hybridized carbons (Fsp3) is 0.176. The van der Waals surface area contributed by atoms with E-state index in [4.69, 9.17) is 5.73 Å². The molecule has 0 atom stereocenters. The number of para-hydroxylation sites is 1. The number of fused-ring (bicyclic) bond motifs is 1. The van der Waals surface area contributed by atoms with Crippen LogP contribution in [-0.4, -0.2) is 9.97 Å². The second-order valence-corrected chi connectivity index (χ2v) is 5.31. The number of aromatic nitrogens is 2. The molecule has 1 fully saturated rings. The van der Waals surface area contributed by atoms with Gasteiger partial charge in [0.15, 0.2) is 5.82 Å². The van der Waals surface area contributed by atoms with Crippen molar-refractivity contribution in [3.8, 4) is 11.4 Å². The molecule has 0 amide bonds. The molecule has 0 saturated heterocycles. The zero-order chi connectivity index (χ0) is 13.5. The van der Waals surface area contributed by atoms with Gasteiger partial charge in [-0.2, -0.15) is 0 Å². The molecule has 1 heterocycles. The van der Waals surface area contributed by atoms with E-state index in [-0.39, 0.29) is 0 Å². The molecule has 1 saturated carbocycles. The Balaban J connectivity index is 1.94. The third-order valence-corrected chi connectivity index (χ3v) is 3.85. The molecule has 20 heavy (non-hydrogen) atoms. The maximum atomic E-state index is 6.09. The van der Waals surface area contributed by atoms with E-state index in [0.717, 1.165) is 22.3 Å². The van der Waals surface area contributed by atoms with Crippen molar-refractivity contribution in [2.24, 2.45) is 0 Å². The number of nitrogen functional groups attached to an aromatic ring is 1. The third kappa shape index (κ3) is 1.83. The maximum absolute atomic E-state index is 6.09. The van der Waals surface area contributed by atoms with Gasteiger partial charge >= 0.3 is 0 Å². The molecule has 3 heteroatoms.